The Bertz CT molecular complexity index is 665. The summed E-state index contributed by atoms with van der Waals surface area (Å²) in [5.74, 6) is 0.775. The molecule has 0 fully saturated rings. The van der Waals surface area contributed by atoms with E-state index in [0.29, 0.717) is 29.6 Å². The Balaban J connectivity index is 1.88. The average Bonchev–Trinajstić information content (AvgIpc) is 3.08. The molecule has 2 N–H and O–H groups in total. The summed E-state index contributed by atoms with van der Waals surface area (Å²) in [5.41, 5.74) is 6.72. The molecule has 0 atom stereocenters. The normalized spacial score (nSPS) is 10.8. The predicted octanol–water partition coefficient (Wildman–Crippen LogP) is 1.15. The first-order valence-electron chi connectivity index (χ1n) is 5.62. The van der Waals surface area contributed by atoms with E-state index in [4.69, 9.17) is 10.3 Å². The average molecular weight is 274 g/mol. The van der Waals surface area contributed by atoms with Crippen molar-refractivity contribution in [2.24, 2.45) is 5.73 Å². The van der Waals surface area contributed by atoms with E-state index in [1.54, 1.807) is 18.6 Å². The summed E-state index contributed by atoms with van der Waals surface area (Å²) in [6, 6.07) is 0. The van der Waals surface area contributed by atoms with Gasteiger partial charge in [0.1, 0.15) is 11.4 Å². The lowest BCUT2D eigenvalue weighted by Crippen LogP contribution is -2.01. The monoisotopic (exact) mass is 274 g/mol. The summed E-state index contributed by atoms with van der Waals surface area (Å²) in [4.78, 5) is 16.7. The quantitative estimate of drug-likeness (QED) is 0.761. The van der Waals surface area contributed by atoms with Crippen LogP contribution in [0.4, 0.5) is 0 Å². The molecular weight excluding hydrogens is 264 g/mol. The molecule has 19 heavy (non-hydrogen) atoms. The molecule has 3 rings (SSSR count). The molecule has 0 aliphatic heterocycles. The van der Waals surface area contributed by atoms with Crippen LogP contribution in [0.1, 0.15) is 5.01 Å². The minimum Gasteiger partial charge on any atom is -0.332 e. The molecule has 0 aromatic carbocycles. The second-order valence-electron chi connectivity index (χ2n) is 3.68. The van der Waals surface area contributed by atoms with E-state index in [2.05, 4.69) is 25.1 Å². The molecule has 7 nitrogen and oxygen atoms in total. The number of nitrogens with zero attached hydrogens (tertiary/aromatic N) is 5. The fourth-order valence-electron chi connectivity index (χ4n) is 1.49. The molecule has 0 saturated heterocycles. The number of hydrogen-bond donors (Lipinski definition) is 1. The van der Waals surface area contributed by atoms with Crippen molar-refractivity contribution >= 4 is 11.3 Å². The zero-order valence-electron chi connectivity index (χ0n) is 9.85. The summed E-state index contributed by atoms with van der Waals surface area (Å²) in [7, 11) is 0. The molecule has 96 valence electrons. The van der Waals surface area contributed by atoms with E-state index in [9.17, 15) is 0 Å². The molecule has 3 aromatic heterocycles. The van der Waals surface area contributed by atoms with Gasteiger partial charge in [-0.3, -0.25) is 4.98 Å². The molecular formula is C11H10N6OS. The van der Waals surface area contributed by atoms with Crippen molar-refractivity contribution in [3.05, 3.63) is 29.0 Å². The van der Waals surface area contributed by atoms with Crippen molar-refractivity contribution in [2.45, 2.75) is 6.42 Å². The van der Waals surface area contributed by atoms with Gasteiger partial charge in [0.05, 0.1) is 11.2 Å². The highest BCUT2D eigenvalue weighted by Crippen LogP contribution is 2.22. The van der Waals surface area contributed by atoms with Crippen molar-refractivity contribution < 1.29 is 4.52 Å². The summed E-state index contributed by atoms with van der Waals surface area (Å²) in [6.07, 6.45) is 5.49. The highest BCUT2D eigenvalue weighted by Gasteiger charge is 2.14. The molecule has 0 saturated carbocycles. The van der Waals surface area contributed by atoms with Gasteiger partial charge in [0.25, 0.3) is 5.89 Å². The Labute approximate surface area is 112 Å². The zero-order valence-corrected chi connectivity index (χ0v) is 10.7. The van der Waals surface area contributed by atoms with Crippen LogP contribution in [0, 0.1) is 0 Å². The van der Waals surface area contributed by atoms with Crippen LogP contribution in [0.15, 0.2) is 28.5 Å². The molecule has 0 unspecified atom stereocenters. The van der Waals surface area contributed by atoms with Gasteiger partial charge in [0, 0.05) is 24.2 Å². The lowest BCUT2D eigenvalue weighted by Gasteiger charge is -1.89. The summed E-state index contributed by atoms with van der Waals surface area (Å²) < 4.78 is 5.18. The van der Waals surface area contributed by atoms with Crippen molar-refractivity contribution in [3.8, 4) is 23.1 Å². The first kappa shape index (κ1) is 11.9. The summed E-state index contributed by atoms with van der Waals surface area (Å²) in [5, 5.41) is 6.70. The number of thiazole rings is 1. The number of hydrogen-bond acceptors (Lipinski definition) is 8. The Morgan fingerprint density at radius 1 is 1.21 bits per heavy atom. The molecule has 0 aliphatic rings. The Kier molecular flexibility index (Phi) is 3.25. The maximum absolute atomic E-state index is 5.49. The fraction of sp³-hybridized carbons (Fsp3) is 0.182. The predicted molar refractivity (Wildman–Crippen MR) is 69.2 cm³/mol. The fourth-order valence-corrected chi connectivity index (χ4v) is 2.28. The molecule has 0 bridgehead atoms. The van der Waals surface area contributed by atoms with Crippen molar-refractivity contribution in [1.29, 1.82) is 0 Å². The smallest absolute Gasteiger partial charge is 0.277 e. The van der Waals surface area contributed by atoms with Crippen LogP contribution in [-0.4, -0.2) is 31.6 Å². The molecule has 0 aliphatic carbocycles. The third-order valence-electron chi connectivity index (χ3n) is 2.35. The molecule has 3 aromatic rings. The maximum Gasteiger partial charge on any atom is 0.277 e. The van der Waals surface area contributed by atoms with Gasteiger partial charge >= 0.3 is 0 Å². The van der Waals surface area contributed by atoms with Gasteiger partial charge in [-0.25, -0.2) is 9.97 Å². The topological polar surface area (TPSA) is 104 Å². The Morgan fingerprint density at radius 2 is 2.16 bits per heavy atom. The second-order valence-corrected chi connectivity index (χ2v) is 4.62. The summed E-state index contributed by atoms with van der Waals surface area (Å²) in [6.45, 7) is 0.571. The van der Waals surface area contributed by atoms with Gasteiger partial charge in [-0.1, -0.05) is 5.16 Å². The van der Waals surface area contributed by atoms with Crippen molar-refractivity contribution in [1.82, 2.24) is 25.1 Å². The second kappa shape index (κ2) is 5.21. The van der Waals surface area contributed by atoms with Gasteiger partial charge < -0.3 is 10.3 Å². The van der Waals surface area contributed by atoms with E-state index >= 15 is 0 Å². The summed E-state index contributed by atoms with van der Waals surface area (Å²) >= 11 is 1.53. The Morgan fingerprint density at radius 3 is 2.95 bits per heavy atom. The van der Waals surface area contributed by atoms with Gasteiger partial charge in [0.2, 0.25) is 5.82 Å². The van der Waals surface area contributed by atoms with Crippen LogP contribution in [0.2, 0.25) is 0 Å². The van der Waals surface area contributed by atoms with E-state index < -0.39 is 0 Å². The lowest BCUT2D eigenvalue weighted by atomic mass is 10.4. The van der Waals surface area contributed by atoms with Crippen LogP contribution in [0.3, 0.4) is 0 Å². The van der Waals surface area contributed by atoms with Crippen LogP contribution in [0.5, 0.6) is 0 Å². The number of rotatable bonds is 4. The minimum absolute atomic E-state index is 0.375. The van der Waals surface area contributed by atoms with Crippen LogP contribution in [0.25, 0.3) is 23.1 Å². The first-order chi connectivity index (χ1) is 9.36. The maximum atomic E-state index is 5.49. The number of nitrogens with two attached hydrogens (primary N) is 1. The zero-order chi connectivity index (χ0) is 13.1. The van der Waals surface area contributed by atoms with Gasteiger partial charge in [0.15, 0.2) is 0 Å². The van der Waals surface area contributed by atoms with Crippen LogP contribution >= 0.6 is 11.3 Å². The van der Waals surface area contributed by atoms with E-state index in [1.165, 1.54) is 11.3 Å². The third kappa shape index (κ3) is 2.49. The standard InChI is InChI=1S/C11H10N6OS/c12-2-1-9-15-8(6-19-9)11-16-10(17-18-11)7-5-13-3-4-14-7/h3-6H,1-2,12H2. The molecule has 0 amide bonds. The highest BCUT2D eigenvalue weighted by atomic mass is 32.1. The minimum atomic E-state index is 0.375. The van der Waals surface area contributed by atoms with Crippen molar-refractivity contribution in [2.75, 3.05) is 6.54 Å². The van der Waals surface area contributed by atoms with Gasteiger partial charge in [-0.15, -0.1) is 11.3 Å². The van der Waals surface area contributed by atoms with E-state index in [1.807, 2.05) is 5.38 Å². The number of aromatic nitrogens is 5. The van der Waals surface area contributed by atoms with Gasteiger partial charge in [-0.05, 0) is 6.54 Å². The molecule has 0 radical (unpaired) electrons. The van der Waals surface area contributed by atoms with Crippen LogP contribution in [-0.2, 0) is 6.42 Å². The Hall–Kier alpha value is -2.19. The largest absolute Gasteiger partial charge is 0.332 e. The van der Waals surface area contributed by atoms with Gasteiger partial charge in [-0.2, -0.15) is 4.98 Å². The van der Waals surface area contributed by atoms with E-state index in [-0.39, 0.29) is 0 Å². The molecule has 0 spiro atoms. The van der Waals surface area contributed by atoms with Crippen molar-refractivity contribution in [3.63, 3.8) is 0 Å². The van der Waals surface area contributed by atoms with E-state index in [0.717, 1.165) is 11.4 Å². The third-order valence-corrected chi connectivity index (χ3v) is 3.26. The lowest BCUT2D eigenvalue weighted by molar-refractivity contribution is 0.431. The SMILES string of the molecule is NCCc1nc(-c2nc(-c3cnccn3)no2)cs1. The molecule has 8 heteroatoms. The first-order valence-corrected chi connectivity index (χ1v) is 6.49. The highest BCUT2D eigenvalue weighted by molar-refractivity contribution is 7.09. The molecule has 3 heterocycles. The van der Waals surface area contributed by atoms with Crippen LogP contribution < -0.4 is 5.73 Å².